The van der Waals surface area contributed by atoms with Crippen LogP contribution in [0, 0.1) is 0 Å². The zero-order chi connectivity index (χ0) is 12.3. The van der Waals surface area contributed by atoms with Gasteiger partial charge in [-0.3, -0.25) is 0 Å². The molecular weight excluding hydrogens is 256 g/mol. The molecule has 0 radical (unpaired) electrons. The highest BCUT2D eigenvalue weighted by molar-refractivity contribution is 7.10. The van der Waals surface area contributed by atoms with Crippen molar-refractivity contribution in [3.8, 4) is 0 Å². The molecule has 3 nitrogen and oxygen atoms in total. The highest BCUT2D eigenvalue weighted by atomic mass is 32.1. The summed E-state index contributed by atoms with van der Waals surface area (Å²) < 4.78 is 4.82. The molecule has 0 saturated heterocycles. The van der Waals surface area contributed by atoms with Crippen molar-refractivity contribution in [2.24, 2.45) is 0 Å². The second-order valence-corrected chi connectivity index (χ2v) is 5.08. The number of hydrogen-bond acceptors (Lipinski definition) is 5. The number of carbonyl (C=O) groups is 2. The lowest BCUT2D eigenvalue weighted by Crippen LogP contribution is -2.12. The maximum absolute atomic E-state index is 11.8. The number of ether oxygens (including phenoxy) is 1. The maximum atomic E-state index is 11.8. The number of thiophene rings is 2. The lowest BCUT2D eigenvalue weighted by molar-refractivity contribution is 0.0398. The SMILES string of the molecule is CCc1sccc1C(=O)OC(=O)c1ccsc1. The topological polar surface area (TPSA) is 43.4 Å². The molecule has 2 aromatic heterocycles. The number of esters is 2. The zero-order valence-electron chi connectivity index (χ0n) is 9.14. The summed E-state index contributed by atoms with van der Waals surface area (Å²) in [5, 5.41) is 5.25. The van der Waals surface area contributed by atoms with Crippen LogP contribution in [0.15, 0.2) is 28.3 Å². The van der Waals surface area contributed by atoms with Crippen LogP contribution in [0.3, 0.4) is 0 Å². The fraction of sp³-hybridized carbons (Fsp3) is 0.167. The number of aryl methyl sites for hydroxylation is 1. The van der Waals surface area contributed by atoms with Crippen LogP contribution in [0.4, 0.5) is 0 Å². The van der Waals surface area contributed by atoms with E-state index in [4.69, 9.17) is 4.74 Å². The van der Waals surface area contributed by atoms with Crippen molar-refractivity contribution < 1.29 is 14.3 Å². The maximum Gasteiger partial charge on any atom is 0.347 e. The fourth-order valence-electron chi connectivity index (χ4n) is 1.37. The summed E-state index contributed by atoms with van der Waals surface area (Å²) in [6, 6.07) is 3.32. The van der Waals surface area contributed by atoms with E-state index in [0.717, 1.165) is 11.3 Å². The highest BCUT2D eigenvalue weighted by Gasteiger charge is 2.18. The number of rotatable bonds is 3. The van der Waals surface area contributed by atoms with Gasteiger partial charge in [0, 0.05) is 10.3 Å². The van der Waals surface area contributed by atoms with Crippen LogP contribution in [0.5, 0.6) is 0 Å². The van der Waals surface area contributed by atoms with Gasteiger partial charge in [0.15, 0.2) is 0 Å². The Hall–Kier alpha value is -1.46. The molecule has 0 N–H and O–H groups in total. The second-order valence-electron chi connectivity index (χ2n) is 3.30. The largest absolute Gasteiger partial charge is 0.386 e. The van der Waals surface area contributed by atoms with Gasteiger partial charge in [0.25, 0.3) is 0 Å². The Labute approximate surface area is 107 Å². The first kappa shape index (κ1) is 12.0. The predicted molar refractivity (Wildman–Crippen MR) is 67.8 cm³/mol. The van der Waals surface area contributed by atoms with Crippen LogP contribution < -0.4 is 0 Å². The molecule has 5 heteroatoms. The second kappa shape index (κ2) is 5.25. The van der Waals surface area contributed by atoms with E-state index in [2.05, 4.69) is 0 Å². The van der Waals surface area contributed by atoms with Gasteiger partial charge in [-0.1, -0.05) is 6.92 Å². The Bertz CT molecular complexity index is 526. The molecular formula is C12H10O3S2. The van der Waals surface area contributed by atoms with Gasteiger partial charge in [-0.15, -0.1) is 11.3 Å². The van der Waals surface area contributed by atoms with E-state index in [-0.39, 0.29) is 0 Å². The molecule has 2 heterocycles. The molecule has 0 spiro atoms. The highest BCUT2D eigenvalue weighted by Crippen LogP contribution is 2.19. The van der Waals surface area contributed by atoms with Crippen LogP contribution in [-0.2, 0) is 11.2 Å². The Balaban J connectivity index is 2.10. The average molecular weight is 266 g/mol. The van der Waals surface area contributed by atoms with Crippen LogP contribution in [0.1, 0.15) is 32.5 Å². The van der Waals surface area contributed by atoms with Crippen molar-refractivity contribution in [2.75, 3.05) is 0 Å². The molecule has 2 rings (SSSR count). The lowest BCUT2D eigenvalue weighted by Gasteiger charge is -2.01. The first-order chi connectivity index (χ1) is 8.22. The van der Waals surface area contributed by atoms with Crippen molar-refractivity contribution in [3.63, 3.8) is 0 Å². The molecule has 0 saturated carbocycles. The molecule has 88 valence electrons. The van der Waals surface area contributed by atoms with Crippen LogP contribution in [-0.4, -0.2) is 11.9 Å². The van der Waals surface area contributed by atoms with Crippen LogP contribution >= 0.6 is 22.7 Å². The summed E-state index contributed by atoms with van der Waals surface area (Å²) in [6.45, 7) is 1.96. The molecule has 0 bridgehead atoms. The molecule has 2 aromatic rings. The number of hydrogen-bond donors (Lipinski definition) is 0. The molecule has 0 aliphatic heterocycles. The van der Waals surface area contributed by atoms with Crippen LogP contribution in [0.2, 0.25) is 0 Å². The van der Waals surface area contributed by atoms with E-state index in [1.807, 2.05) is 12.3 Å². The third-order valence-corrected chi connectivity index (χ3v) is 3.98. The summed E-state index contributed by atoms with van der Waals surface area (Å²) in [5.41, 5.74) is 0.901. The van der Waals surface area contributed by atoms with Gasteiger partial charge in [-0.05, 0) is 29.3 Å². The number of carbonyl (C=O) groups excluding carboxylic acids is 2. The van der Waals surface area contributed by atoms with Crippen molar-refractivity contribution >= 4 is 34.6 Å². The van der Waals surface area contributed by atoms with Gasteiger partial charge in [0.2, 0.25) is 0 Å². The van der Waals surface area contributed by atoms with Crippen molar-refractivity contribution in [1.82, 2.24) is 0 Å². The minimum Gasteiger partial charge on any atom is -0.386 e. The molecule has 0 amide bonds. The third kappa shape index (κ3) is 2.62. The summed E-state index contributed by atoms with van der Waals surface area (Å²) in [4.78, 5) is 24.3. The Kier molecular flexibility index (Phi) is 3.71. The van der Waals surface area contributed by atoms with Gasteiger partial charge in [-0.2, -0.15) is 11.3 Å². The molecule has 0 aromatic carbocycles. The standard InChI is InChI=1S/C12H10O3S2/c1-2-10-9(4-6-17-10)12(14)15-11(13)8-3-5-16-7-8/h3-7H,2H2,1H3. The predicted octanol–water partition coefficient (Wildman–Crippen LogP) is 3.37. The molecule has 0 aliphatic carbocycles. The van der Waals surface area contributed by atoms with Crippen molar-refractivity contribution in [2.45, 2.75) is 13.3 Å². The summed E-state index contributed by atoms with van der Waals surface area (Å²) in [6.07, 6.45) is 0.759. The van der Waals surface area contributed by atoms with E-state index >= 15 is 0 Å². The summed E-state index contributed by atoms with van der Waals surface area (Å²) >= 11 is 2.88. The van der Waals surface area contributed by atoms with E-state index < -0.39 is 11.9 Å². The Morgan fingerprint density at radius 1 is 1.24 bits per heavy atom. The quantitative estimate of drug-likeness (QED) is 0.632. The lowest BCUT2D eigenvalue weighted by atomic mass is 10.2. The third-order valence-electron chi connectivity index (χ3n) is 2.23. The van der Waals surface area contributed by atoms with Gasteiger partial charge in [-0.25, -0.2) is 9.59 Å². The van der Waals surface area contributed by atoms with Gasteiger partial charge in [0.05, 0.1) is 11.1 Å². The van der Waals surface area contributed by atoms with E-state index in [9.17, 15) is 9.59 Å². The van der Waals surface area contributed by atoms with Gasteiger partial charge >= 0.3 is 11.9 Å². The fourth-order valence-corrected chi connectivity index (χ4v) is 2.81. The van der Waals surface area contributed by atoms with Crippen LogP contribution in [0.25, 0.3) is 0 Å². The minimum absolute atomic E-state index is 0.414. The molecule has 0 unspecified atom stereocenters. The van der Waals surface area contributed by atoms with Gasteiger partial charge < -0.3 is 4.74 Å². The Morgan fingerprint density at radius 3 is 2.71 bits per heavy atom. The molecule has 0 aliphatic rings. The average Bonchev–Trinajstić information content (AvgIpc) is 2.99. The summed E-state index contributed by atoms with van der Waals surface area (Å²) in [5.74, 6) is -1.16. The molecule has 17 heavy (non-hydrogen) atoms. The Morgan fingerprint density at radius 2 is 2.06 bits per heavy atom. The van der Waals surface area contributed by atoms with Crippen molar-refractivity contribution in [1.29, 1.82) is 0 Å². The monoisotopic (exact) mass is 266 g/mol. The minimum atomic E-state index is -0.593. The first-order valence-electron chi connectivity index (χ1n) is 5.07. The van der Waals surface area contributed by atoms with E-state index in [0.29, 0.717) is 11.1 Å². The van der Waals surface area contributed by atoms with Crippen molar-refractivity contribution in [3.05, 3.63) is 44.3 Å². The molecule has 0 atom stereocenters. The van der Waals surface area contributed by atoms with Gasteiger partial charge in [0.1, 0.15) is 0 Å². The zero-order valence-corrected chi connectivity index (χ0v) is 10.8. The smallest absolute Gasteiger partial charge is 0.347 e. The normalized spacial score (nSPS) is 10.2. The molecule has 0 fully saturated rings. The van der Waals surface area contributed by atoms with E-state index in [1.54, 1.807) is 22.9 Å². The van der Waals surface area contributed by atoms with E-state index in [1.165, 1.54) is 22.7 Å². The summed E-state index contributed by atoms with van der Waals surface area (Å²) in [7, 11) is 0. The first-order valence-corrected chi connectivity index (χ1v) is 6.89.